The summed E-state index contributed by atoms with van der Waals surface area (Å²) in [6, 6.07) is 19.3. The van der Waals surface area contributed by atoms with Gasteiger partial charge in [-0.3, -0.25) is 4.79 Å². The van der Waals surface area contributed by atoms with Crippen molar-refractivity contribution in [3.8, 4) is 5.75 Å². The van der Waals surface area contributed by atoms with E-state index in [-0.39, 0.29) is 28.3 Å². The highest BCUT2D eigenvalue weighted by molar-refractivity contribution is 6.12. The summed E-state index contributed by atoms with van der Waals surface area (Å²) in [6.07, 6.45) is 0. The number of aromatic carboxylic acids is 1. The largest absolute Gasteiger partial charge is 0.505 e. The molecule has 0 atom stereocenters. The number of aromatic hydroxyl groups is 1. The van der Waals surface area contributed by atoms with Gasteiger partial charge in [-0.05, 0) is 53.9 Å². The number of hydrogen-bond acceptors (Lipinski definition) is 6. The van der Waals surface area contributed by atoms with E-state index in [0.717, 1.165) is 0 Å². The predicted octanol–water partition coefficient (Wildman–Crippen LogP) is 5.08. The summed E-state index contributed by atoms with van der Waals surface area (Å²) in [5.41, 5.74) is 1.76. The van der Waals surface area contributed by atoms with Crippen LogP contribution in [0, 0.1) is 0 Å². The number of aromatic nitrogens is 2. The monoisotopic (exact) mass is 467 g/mol. The topological polar surface area (TPSA) is 160 Å². The number of nitrogens with one attached hydrogen (secondary N) is 3. The number of phenols is 1. The second-order valence-corrected chi connectivity index (χ2v) is 7.69. The molecule has 1 aromatic heterocycles. The second kappa shape index (κ2) is 8.60. The third-order valence-corrected chi connectivity index (χ3v) is 5.39. The van der Waals surface area contributed by atoms with Gasteiger partial charge in [0.15, 0.2) is 5.75 Å². The van der Waals surface area contributed by atoms with Crippen LogP contribution in [-0.2, 0) is 0 Å². The number of amides is 1. The first kappa shape index (κ1) is 21.6. The zero-order valence-corrected chi connectivity index (χ0v) is 17.9. The molecule has 0 aliphatic rings. The number of fused-ring (bicyclic) bond motifs is 2. The molecule has 0 unspecified atom stereocenters. The van der Waals surface area contributed by atoms with Gasteiger partial charge in [0.25, 0.3) is 5.91 Å². The molecule has 4 aromatic carbocycles. The molecule has 10 nitrogen and oxygen atoms in total. The first-order valence-electron chi connectivity index (χ1n) is 10.4. The molecule has 0 saturated carbocycles. The number of anilines is 1. The van der Waals surface area contributed by atoms with Gasteiger partial charge < -0.3 is 25.5 Å². The van der Waals surface area contributed by atoms with Crippen molar-refractivity contribution in [1.29, 1.82) is 0 Å². The zero-order chi connectivity index (χ0) is 24.5. The summed E-state index contributed by atoms with van der Waals surface area (Å²) in [7, 11) is 0. The lowest BCUT2D eigenvalue weighted by atomic mass is 10.0. The van der Waals surface area contributed by atoms with Crippen molar-refractivity contribution in [3.05, 3.63) is 94.4 Å². The quantitative estimate of drug-likeness (QED) is 0.228. The van der Waals surface area contributed by atoms with Crippen molar-refractivity contribution >= 4 is 50.7 Å². The Balaban J connectivity index is 1.52. The Labute approximate surface area is 196 Å². The maximum Gasteiger partial charge on any atom is 0.335 e. The molecular weight excluding hydrogens is 450 g/mol. The number of imidazole rings is 1. The fourth-order valence-electron chi connectivity index (χ4n) is 3.68. The number of carboxylic acids is 1. The number of carbonyl (C=O) groups excluding carboxylic acids is 1. The molecule has 0 aliphatic carbocycles. The number of benzene rings is 4. The Morgan fingerprint density at radius 3 is 2.37 bits per heavy atom. The number of hydrogen-bond donors (Lipinski definition) is 5. The molecule has 172 valence electrons. The first-order valence-corrected chi connectivity index (χ1v) is 10.4. The third kappa shape index (κ3) is 4.23. The Morgan fingerprint density at radius 1 is 0.857 bits per heavy atom. The number of rotatable bonds is 5. The van der Waals surface area contributed by atoms with Gasteiger partial charge in [0, 0.05) is 11.1 Å². The minimum atomic E-state index is -1.06. The zero-order valence-electron chi connectivity index (χ0n) is 17.9. The molecule has 0 saturated heterocycles. The van der Waals surface area contributed by atoms with Gasteiger partial charge in [-0.1, -0.05) is 24.3 Å². The molecule has 0 spiro atoms. The average Bonchev–Trinajstić information content (AvgIpc) is 3.22. The van der Waals surface area contributed by atoms with Crippen LogP contribution in [0.1, 0.15) is 20.7 Å². The Bertz CT molecular complexity index is 1700. The molecule has 1 amide bonds. The van der Waals surface area contributed by atoms with Gasteiger partial charge in [0.2, 0.25) is 0 Å². The minimum Gasteiger partial charge on any atom is -0.505 e. The van der Waals surface area contributed by atoms with E-state index in [1.54, 1.807) is 48.5 Å². The summed E-state index contributed by atoms with van der Waals surface area (Å²) in [4.78, 5) is 40.8. The smallest absolute Gasteiger partial charge is 0.335 e. The summed E-state index contributed by atoms with van der Waals surface area (Å²) < 4.78 is 0. The van der Waals surface area contributed by atoms with Crippen molar-refractivity contribution in [1.82, 2.24) is 9.97 Å². The van der Waals surface area contributed by atoms with Gasteiger partial charge >= 0.3 is 11.7 Å². The van der Waals surface area contributed by atoms with Crippen LogP contribution in [0.15, 0.2) is 87.8 Å². The van der Waals surface area contributed by atoms with Crippen LogP contribution >= 0.6 is 0 Å². The molecule has 0 bridgehead atoms. The van der Waals surface area contributed by atoms with Gasteiger partial charge in [-0.25, -0.2) is 9.59 Å². The lowest BCUT2D eigenvalue weighted by Gasteiger charge is -2.11. The average molecular weight is 467 g/mol. The number of H-pyrrole nitrogens is 2. The molecule has 35 heavy (non-hydrogen) atoms. The number of aromatic amines is 2. The van der Waals surface area contributed by atoms with Crippen molar-refractivity contribution in [2.75, 3.05) is 5.32 Å². The van der Waals surface area contributed by atoms with Crippen molar-refractivity contribution in [2.45, 2.75) is 0 Å². The highest BCUT2D eigenvalue weighted by atomic mass is 16.4. The molecule has 0 aliphatic heterocycles. The molecule has 5 rings (SSSR count). The SMILES string of the molecule is O=C(O)c1ccc(N=Nc2c(O)c(C(=O)Nc3ccc4[nH]c(=O)[nH]c4c3)cc3ccccc23)cc1. The van der Waals surface area contributed by atoms with E-state index in [9.17, 15) is 19.5 Å². The lowest BCUT2D eigenvalue weighted by Crippen LogP contribution is -2.12. The Morgan fingerprint density at radius 2 is 1.60 bits per heavy atom. The van der Waals surface area contributed by atoms with E-state index in [1.165, 1.54) is 24.3 Å². The highest BCUT2D eigenvalue weighted by Gasteiger charge is 2.19. The summed E-state index contributed by atoms with van der Waals surface area (Å²) >= 11 is 0. The van der Waals surface area contributed by atoms with Gasteiger partial charge in [0.1, 0.15) is 5.69 Å². The van der Waals surface area contributed by atoms with Gasteiger partial charge in [0.05, 0.1) is 27.8 Å². The minimum absolute atomic E-state index is 0.0125. The van der Waals surface area contributed by atoms with Crippen LogP contribution in [0.25, 0.3) is 21.8 Å². The molecule has 5 aromatic rings. The predicted molar refractivity (Wildman–Crippen MR) is 130 cm³/mol. The van der Waals surface area contributed by atoms with Crippen LogP contribution in [0.2, 0.25) is 0 Å². The molecule has 5 N–H and O–H groups in total. The standard InChI is InChI=1S/C25H17N5O5/c31-22-18(23(32)26-16-9-10-19-20(12-16)28-25(35)27-19)11-14-3-1-2-4-17(14)21(22)30-29-15-7-5-13(6-8-15)24(33)34/h1-12,31H,(H,26,32)(H,33,34)(H2,27,28,35). The van der Waals surface area contributed by atoms with Gasteiger partial charge in [-0.15, -0.1) is 5.11 Å². The normalized spacial score (nSPS) is 11.3. The van der Waals surface area contributed by atoms with Crippen LogP contribution in [0.5, 0.6) is 5.75 Å². The van der Waals surface area contributed by atoms with E-state index in [0.29, 0.717) is 33.2 Å². The molecular formula is C25H17N5O5. The highest BCUT2D eigenvalue weighted by Crippen LogP contribution is 2.39. The number of carboxylic acid groups (broad SMARTS) is 1. The van der Waals surface area contributed by atoms with Crippen LogP contribution in [0.3, 0.4) is 0 Å². The van der Waals surface area contributed by atoms with Crippen LogP contribution in [-0.4, -0.2) is 32.1 Å². The summed E-state index contributed by atoms with van der Waals surface area (Å²) in [6.45, 7) is 0. The van der Waals surface area contributed by atoms with Crippen LogP contribution < -0.4 is 11.0 Å². The summed E-state index contributed by atoms with van der Waals surface area (Å²) in [5.74, 6) is -1.99. The molecule has 0 radical (unpaired) electrons. The Kier molecular flexibility index (Phi) is 5.30. The van der Waals surface area contributed by atoms with Crippen molar-refractivity contribution in [2.24, 2.45) is 10.2 Å². The fourth-order valence-corrected chi connectivity index (χ4v) is 3.68. The van der Waals surface area contributed by atoms with Crippen molar-refractivity contribution in [3.63, 3.8) is 0 Å². The van der Waals surface area contributed by atoms with Crippen LogP contribution in [0.4, 0.5) is 17.1 Å². The molecule has 1 heterocycles. The number of azo groups is 1. The lowest BCUT2D eigenvalue weighted by molar-refractivity contribution is 0.0696. The third-order valence-electron chi connectivity index (χ3n) is 5.39. The van der Waals surface area contributed by atoms with E-state index >= 15 is 0 Å². The Hall–Kier alpha value is -5.25. The fraction of sp³-hybridized carbons (Fsp3) is 0. The number of carbonyl (C=O) groups is 2. The second-order valence-electron chi connectivity index (χ2n) is 7.69. The number of nitrogens with zero attached hydrogens (tertiary/aromatic N) is 2. The first-order chi connectivity index (χ1) is 16.9. The maximum atomic E-state index is 13.1. The van der Waals surface area contributed by atoms with Crippen molar-refractivity contribution < 1.29 is 19.8 Å². The number of phenolic OH excluding ortho intramolecular Hbond substituents is 1. The maximum absolute atomic E-state index is 13.1. The van der Waals surface area contributed by atoms with E-state index in [2.05, 4.69) is 25.5 Å². The summed E-state index contributed by atoms with van der Waals surface area (Å²) in [5, 5.41) is 32.3. The van der Waals surface area contributed by atoms with E-state index in [1.807, 2.05) is 0 Å². The van der Waals surface area contributed by atoms with E-state index in [4.69, 9.17) is 5.11 Å². The molecule has 0 fully saturated rings. The van der Waals surface area contributed by atoms with E-state index < -0.39 is 11.9 Å². The molecule has 10 heteroatoms. The van der Waals surface area contributed by atoms with Gasteiger partial charge in [-0.2, -0.15) is 5.11 Å².